The van der Waals surface area contributed by atoms with Gasteiger partial charge in [0.15, 0.2) is 0 Å². The van der Waals surface area contributed by atoms with Crippen LogP contribution in [0.1, 0.15) is 34.3 Å². The third kappa shape index (κ3) is 5.07. The minimum absolute atomic E-state index is 0.0984. The van der Waals surface area contributed by atoms with Crippen molar-refractivity contribution in [3.05, 3.63) is 65.2 Å². The second-order valence-electron chi connectivity index (χ2n) is 8.28. The highest BCUT2D eigenvalue weighted by Gasteiger charge is 2.21. The van der Waals surface area contributed by atoms with Crippen molar-refractivity contribution in [1.29, 1.82) is 0 Å². The van der Waals surface area contributed by atoms with E-state index in [1.54, 1.807) is 17.0 Å². The molecule has 2 fully saturated rings. The Morgan fingerprint density at radius 1 is 0.967 bits per heavy atom. The quantitative estimate of drug-likeness (QED) is 0.801. The van der Waals surface area contributed by atoms with E-state index in [4.69, 9.17) is 0 Å². The predicted molar refractivity (Wildman–Crippen MR) is 118 cm³/mol. The molecule has 0 aliphatic carbocycles. The molecule has 2 aromatic carbocycles. The molecule has 0 aromatic heterocycles. The average molecular weight is 407 g/mol. The van der Waals surface area contributed by atoms with Gasteiger partial charge in [-0.2, -0.15) is 0 Å². The molecule has 0 unspecified atom stereocenters. The van der Waals surface area contributed by atoms with Gasteiger partial charge >= 0.3 is 0 Å². The van der Waals surface area contributed by atoms with Crippen molar-refractivity contribution in [3.63, 3.8) is 0 Å². The van der Waals surface area contributed by atoms with E-state index in [1.165, 1.54) is 5.56 Å². The van der Waals surface area contributed by atoms with Crippen LogP contribution in [0, 0.1) is 0 Å². The molecule has 158 valence electrons. The maximum Gasteiger partial charge on any atom is 0.251 e. The lowest BCUT2D eigenvalue weighted by atomic mass is 10.1. The van der Waals surface area contributed by atoms with Gasteiger partial charge in [0, 0.05) is 63.5 Å². The average Bonchev–Trinajstić information content (AvgIpc) is 3.20. The van der Waals surface area contributed by atoms with Gasteiger partial charge < -0.3 is 15.1 Å². The summed E-state index contributed by atoms with van der Waals surface area (Å²) in [6.07, 6.45) is 1.51. The first-order valence-electron chi connectivity index (χ1n) is 10.8. The summed E-state index contributed by atoms with van der Waals surface area (Å²) in [6.45, 7) is 6.62. The topological polar surface area (TPSA) is 55.9 Å². The molecule has 2 saturated heterocycles. The second kappa shape index (κ2) is 9.41. The van der Waals surface area contributed by atoms with Gasteiger partial charge in [0.25, 0.3) is 5.91 Å². The number of piperazine rings is 1. The highest BCUT2D eigenvalue weighted by atomic mass is 16.2. The van der Waals surface area contributed by atoms with Crippen LogP contribution in [0.25, 0.3) is 0 Å². The van der Waals surface area contributed by atoms with Crippen LogP contribution < -0.4 is 10.2 Å². The maximum atomic E-state index is 12.5. The van der Waals surface area contributed by atoms with Crippen LogP contribution in [0.4, 0.5) is 5.69 Å². The zero-order valence-electron chi connectivity index (χ0n) is 17.6. The van der Waals surface area contributed by atoms with Crippen LogP contribution in [-0.4, -0.2) is 61.4 Å². The molecular weight excluding hydrogens is 376 g/mol. The van der Waals surface area contributed by atoms with Gasteiger partial charge in [-0.25, -0.2) is 0 Å². The molecule has 6 nitrogen and oxygen atoms in total. The Hall–Kier alpha value is -2.70. The van der Waals surface area contributed by atoms with E-state index >= 15 is 0 Å². The molecule has 0 radical (unpaired) electrons. The van der Waals surface area contributed by atoms with Gasteiger partial charge in [-0.05, 0) is 48.9 Å². The van der Waals surface area contributed by atoms with Crippen molar-refractivity contribution < 1.29 is 9.59 Å². The van der Waals surface area contributed by atoms with E-state index in [-0.39, 0.29) is 11.8 Å². The molecule has 2 aliphatic rings. The Bertz CT molecular complexity index is 888. The summed E-state index contributed by atoms with van der Waals surface area (Å²) in [5.74, 6) is 0.0578. The fraction of sp³-hybridized carbons (Fsp3) is 0.417. The highest BCUT2D eigenvalue weighted by Crippen LogP contribution is 2.21. The molecule has 30 heavy (non-hydrogen) atoms. The lowest BCUT2D eigenvalue weighted by Crippen LogP contribution is -2.43. The number of amides is 2. The Labute approximate surface area is 178 Å². The Morgan fingerprint density at radius 3 is 2.40 bits per heavy atom. The minimum Gasteiger partial charge on any atom is -0.348 e. The van der Waals surface area contributed by atoms with Crippen LogP contribution in [0.3, 0.4) is 0 Å². The largest absolute Gasteiger partial charge is 0.348 e. The number of hydrogen-bond donors (Lipinski definition) is 1. The molecule has 0 atom stereocenters. The van der Waals surface area contributed by atoms with Crippen molar-refractivity contribution >= 4 is 17.5 Å². The number of carbonyl (C=O) groups is 2. The molecule has 1 N–H and O–H groups in total. The molecule has 2 heterocycles. The predicted octanol–water partition coefficient (Wildman–Crippen LogP) is 2.49. The van der Waals surface area contributed by atoms with E-state index < -0.39 is 0 Å². The number of benzene rings is 2. The number of rotatable bonds is 6. The number of nitrogens with one attached hydrogen (secondary N) is 1. The molecule has 2 amide bonds. The van der Waals surface area contributed by atoms with E-state index in [1.807, 2.05) is 12.1 Å². The van der Waals surface area contributed by atoms with Gasteiger partial charge in [0.05, 0.1) is 0 Å². The van der Waals surface area contributed by atoms with Crippen molar-refractivity contribution in [2.45, 2.75) is 25.9 Å². The maximum absolute atomic E-state index is 12.5. The minimum atomic E-state index is -0.0984. The molecule has 6 heteroatoms. The van der Waals surface area contributed by atoms with Gasteiger partial charge in [-0.15, -0.1) is 0 Å². The van der Waals surface area contributed by atoms with E-state index in [9.17, 15) is 9.59 Å². The normalized spacial score (nSPS) is 18.0. The molecule has 2 aliphatic heterocycles. The Kier molecular flexibility index (Phi) is 6.45. The van der Waals surface area contributed by atoms with Crippen molar-refractivity contribution in [2.75, 3.05) is 44.7 Å². The summed E-state index contributed by atoms with van der Waals surface area (Å²) in [5, 5.41) is 3.01. The summed E-state index contributed by atoms with van der Waals surface area (Å²) in [5.41, 5.74) is 3.87. The van der Waals surface area contributed by atoms with Crippen LogP contribution >= 0.6 is 0 Å². The first kappa shape index (κ1) is 20.6. The first-order valence-corrected chi connectivity index (χ1v) is 10.8. The van der Waals surface area contributed by atoms with Crippen LogP contribution in [0.5, 0.6) is 0 Å². The lowest BCUT2D eigenvalue weighted by molar-refractivity contribution is -0.117. The lowest BCUT2D eigenvalue weighted by Gasteiger charge is -2.32. The van der Waals surface area contributed by atoms with Crippen molar-refractivity contribution in [1.82, 2.24) is 15.1 Å². The monoisotopic (exact) mass is 406 g/mol. The van der Waals surface area contributed by atoms with Crippen molar-refractivity contribution in [2.24, 2.45) is 0 Å². The molecule has 4 rings (SSSR count). The van der Waals surface area contributed by atoms with Gasteiger partial charge in [-0.3, -0.25) is 14.5 Å². The van der Waals surface area contributed by atoms with Gasteiger partial charge in [-0.1, -0.05) is 24.3 Å². The Balaban J connectivity index is 1.31. The number of anilines is 1. The number of likely N-dealkylation sites (N-methyl/N-ethyl adjacent to an activating group) is 1. The van der Waals surface area contributed by atoms with Crippen LogP contribution in [0.2, 0.25) is 0 Å². The first-order chi connectivity index (χ1) is 14.6. The standard InChI is InChI=1S/C24H30N4O2/c1-26-12-14-27(15-13-26)18-20-5-2-4-19(16-20)17-25-24(30)21-7-9-22(10-8-21)28-11-3-6-23(28)29/h2,4-5,7-10,16H,3,6,11-15,17-18H2,1H3,(H,25,30). The summed E-state index contributed by atoms with van der Waals surface area (Å²) >= 11 is 0. The van der Waals surface area contributed by atoms with E-state index in [0.29, 0.717) is 18.5 Å². The number of hydrogen-bond acceptors (Lipinski definition) is 4. The zero-order valence-corrected chi connectivity index (χ0v) is 17.6. The molecule has 2 aromatic rings. The third-order valence-electron chi connectivity index (χ3n) is 5.96. The Morgan fingerprint density at radius 2 is 1.70 bits per heavy atom. The summed E-state index contributed by atoms with van der Waals surface area (Å²) in [4.78, 5) is 31.0. The molecule has 0 spiro atoms. The summed E-state index contributed by atoms with van der Waals surface area (Å²) < 4.78 is 0. The fourth-order valence-electron chi connectivity index (χ4n) is 4.10. The molecular formula is C24H30N4O2. The number of carbonyl (C=O) groups excluding carboxylic acids is 2. The van der Waals surface area contributed by atoms with Gasteiger partial charge in [0.2, 0.25) is 5.91 Å². The highest BCUT2D eigenvalue weighted by molar-refractivity contribution is 5.97. The van der Waals surface area contributed by atoms with Gasteiger partial charge in [0.1, 0.15) is 0 Å². The third-order valence-corrected chi connectivity index (χ3v) is 5.96. The summed E-state index contributed by atoms with van der Waals surface area (Å²) in [6, 6.07) is 15.7. The van der Waals surface area contributed by atoms with Crippen LogP contribution in [-0.2, 0) is 17.9 Å². The number of nitrogens with zero attached hydrogens (tertiary/aromatic N) is 3. The fourth-order valence-corrected chi connectivity index (χ4v) is 4.10. The molecule has 0 bridgehead atoms. The van der Waals surface area contributed by atoms with Crippen LogP contribution in [0.15, 0.2) is 48.5 Å². The molecule has 0 saturated carbocycles. The summed E-state index contributed by atoms with van der Waals surface area (Å²) in [7, 11) is 2.17. The smallest absolute Gasteiger partial charge is 0.251 e. The SMILES string of the molecule is CN1CCN(Cc2cccc(CNC(=O)c3ccc(N4CCCC4=O)cc3)c2)CC1. The van der Waals surface area contributed by atoms with E-state index in [2.05, 4.69) is 46.4 Å². The van der Waals surface area contributed by atoms with E-state index in [0.717, 1.165) is 56.9 Å². The van der Waals surface area contributed by atoms with Crippen molar-refractivity contribution in [3.8, 4) is 0 Å². The zero-order chi connectivity index (χ0) is 20.9. The second-order valence-corrected chi connectivity index (χ2v) is 8.28.